The first-order valence-corrected chi connectivity index (χ1v) is 8.43. The van der Waals surface area contributed by atoms with Crippen molar-refractivity contribution in [2.45, 2.75) is 66.0 Å². The number of para-hydroxylation sites is 1. The number of likely N-dealkylation sites (N-methyl/N-ethyl adjacent to an activating group) is 1. The van der Waals surface area contributed by atoms with Crippen molar-refractivity contribution in [3.05, 3.63) is 29.3 Å². The summed E-state index contributed by atoms with van der Waals surface area (Å²) in [6.45, 7) is 14.9. The zero-order valence-corrected chi connectivity index (χ0v) is 15.6. The molecule has 23 heavy (non-hydrogen) atoms. The second kappa shape index (κ2) is 7.93. The maximum Gasteiger partial charge on any atom is 0.241 e. The molecule has 0 aliphatic heterocycles. The summed E-state index contributed by atoms with van der Waals surface area (Å²) < 4.78 is 0. The minimum absolute atomic E-state index is 0.0349. The third kappa shape index (κ3) is 5.63. The number of aryl methyl sites for hydroxylation is 1. The van der Waals surface area contributed by atoms with Crippen LogP contribution in [0.5, 0.6) is 0 Å². The summed E-state index contributed by atoms with van der Waals surface area (Å²) in [6, 6.07) is 5.80. The number of nitrogens with one attached hydrogen (secondary N) is 1. The smallest absolute Gasteiger partial charge is 0.241 e. The normalized spacial score (nSPS) is 13.5. The highest BCUT2D eigenvalue weighted by Crippen LogP contribution is 2.27. The first-order valence-electron chi connectivity index (χ1n) is 8.43. The Bertz CT molecular complexity index is 533. The van der Waals surface area contributed by atoms with Crippen molar-refractivity contribution in [2.75, 3.05) is 18.4 Å². The zero-order chi connectivity index (χ0) is 17.8. The molecule has 2 N–H and O–H groups in total. The van der Waals surface area contributed by atoms with Crippen molar-refractivity contribution in [3.63, 3.8) is 0 Å². The highest BCUT2D eigenvalue weighted by Gasteiger charge is 2.26. The zero-order valence-electron chi connectivity index (χ0n) is 15.6. The fraction of sp³-hybridized carbons (Fsp3) is 0.632. The number of carbonyl (C=O) groups excluding carboxylic acids is 1. The van der Waals surface area contributed by atoms with Gasteiger partial charge in [0.1, 0.15) is 0 Å². The standard InChI is InChI=1S/C19H32N2O2/c1-8-21(12-19(6,7)23)15(5)18(22)20-17-14(4)10-9-11-16(17)13(2)3/h9-11,13,15,23H,8,12H2,1-7H3,(H,20,22). The Morgan fingerprint density at radius 2 is 1.91 bits per heavy atom. The average molecular weight is 320 g/mol. The molecule has 130 valence electrons. The third-order valence-corrected chi connectivity index (χ3v) is 4.10. The van der Waals surface area contributed by atoms with Gasteiger partial charge in [-0.15, -0.1) is 0 Å². The highest BCUT2D eigenvalue weighted by atomic mass is 16.3. The molecule has 1 rings (SSSR count). The van der Waals surface area contributed by atoms with Crippen molar-refractivity contribution >= 4 is 11.6 Å². The first kappa shape index (κ1) is 19.7. The predicted molar refractivity (Wildman–Crippen MR) is 96.9 cm³/mol. The van der Waals surface area contributed by atoms with Gasteiger partial charge in [-0.25, -0.2) is 0 Å². The van der Waals surface area contributed by atoms with Gasteiger partial charge in [0, 0.05) is 12.2 Å². The van der Waals surface area contributed by atoms with Gasteiger partial charge in [0.25, 0.3) is 0 Å². The molecule has 1 atom stereocenters. The van der Waals surface area contributed by atoms with Crippen LogP contribution in [0.15, 0.2) is 18.2 Å². The number of hydrogen-bond donors (Lipinski definition) is 2. The fourth-order valence-corrected chi connectivity index (χ4v) is 2.76. The number of carbonyl (C=O) groups is 1. The lowest BCUT2D eigenvalue weighted by molar-refractivity contribution is -0.121. The average Bonchev–Trinajstić information content (AvgIpc) is 2.44. The maximum absolute atomic E-state index is 12.7. The van der Waals surface area contributed by atoms with Gasteiger partial charge in [-0.2, -0.15) is 0 Å². The van der Waals surface area contributed by atoms with E-state index in [0.717, 1.165) is 16.8 Å². The Hall–Kier alpha value is -1.39. The molecule has 1 aromatic rings. The van der Waals surface area contributed by atoms with Crippen LogP contribution in [0.4, 0.5) is 5.69 Å². The molecule has 0 heterocycles. The molecule has 0 spiro atoms. The Kier molecular flexibility index (Phi) is 6.78. The summed E-state index contributed by atoms with van der Waals surface area (Å²) in [4.78, 5) is 14.7. The summed E-state index contributed by atoms with van der Waals surface area (Å²) in [7, 11) is 0. The van der Waals surface area contributed by atoms with E-state index in [4.69, 9.17) is 0 Å². The SMILES string of the molecule is CCN(CC(C)(C)O)C(C)C(=O)Nc1c(C)cccc1C(C)C. The summed E-state index contributed by atoms with van der Waals surface area (Å²) in [5.41, 5.74) is 2.31. The molecule has 0 aromatic heterocycles. The van der Waals surface area contributed by atoms with Crippen molar-refractivity contribution in [1.29, 1.82) is 0 Å². The Labute approximate surface area is 140 Å². The summed E-state index contributed by atoms with van der Waals surface area (Å²) in [5.74, 6) is 0.312. The monoisotopic (exact) mass is 320 g/mol. The molecule has 0 aliphatic carbocycles. The van der Waals surface area contributed by atoms with Gasteiger partial charge in [0.2, 0.25) is 5.91 Å². The topological polar surface area (TPSA) is 52.6 Å². The molecule has 0 radical (unpaired) electrons. The van der Waals surface area contributed by atoms with Crippen LogP contribution < -0.4 is 5.32 Å². The van der Waals surface area contributed by atoms with E-state index in [1.54, 1.807) is 13.8 Å². The van der Waals surface area contributed by atoms with Crippen LogP contribution in [0, 0.1) is 6.92 Å². The summed E-state index contributed by atoms with van der Waals surface area (Å²) >= 11 is 0. The van der Waals surface area contributed by atoms with Gasteiger partial charge in [0.15, 0.2) is 0 Å². The molecule has 0 fully saturated rings. The lowest BCUT2D eigenvalue weighted by atomic mass is 9.98. The second-order valence-corrected chi connectivity index (χ2v) is 7.23. The molecule has 0 aliphatic rings. The van der Waals surface area contributed by atoms with Gasteiger partial charge in [-0.1, -0.05) is 39.0 Å². The Balaban J connectivity index is 2.95. The molecule has 4 heteroatoms. The lowest BCUT2D eigenvalue weighted by Gasteiger charge is -2.32. The predicted octanol–water partition coefficient (Wildman–Crippen LogP) is 3.54. The fourth-order valence-electron chi connectivity index (χ4n) is 2.76. The number of benzene rings is 1. The van der Waals surface area contributed by atoms with Crippen molar-refractivity contribution in [1.82, 2.24) is 4.90 Å². The van der Waals surface area contributed by atoms with E-state index in [0.29, 0.717) is 19.0 Å². The van der Waals surface area contributed by atoms with Gasteiger partial charge >= 0.3 is 0 Å². The van der Waals surface area contributed by atoms with Gasteiger partial charge in [-0.05, 0) is 51.3 Å². The van der Waals surface area contributed by atoms with E-state index >= 15 is 0 Å². The molecule has 1 amide bonds. The molecular formula is C19H32N2O2. The van der Waals surface area contributed by atoms with Crippen LogP contribution in [0.1, 0.15) is 58.6 Å². The van der Waals surface area contributed by atoms with Gasteiger partial charge in [-0.3, -0.25) is 9.69 Å². The van der Waals surface area contributed by atoms with E-state index in [1.807, 2.05) is 37.8 Å². The molecule has 1 aromatic carbocycles. The van der Waals surface area contributed by atoms with E-state index in [-0.39, 0.29) is 11.9 Å². The van der Waals surface area contributed by atoms with E-state index in [1.165, 1.54) is 0 Å². The number of anilines is 1. The maximum atomic E-state index is 12.7. The molecule has 4 nitrogen and oxygen atoms in total. The highest BCUT2D eigenvalue weighted by molar-refractivity contribution is 5.96. The largest absolute Gasteiger partial charge is 0.389 e. The van der Waals surface area contributed by atoms with Crippen molar-refractivity contribution in [2.24, 2.45) is 0 Å². The van der Waals surface area contributed by atoms with E-state index in [9.17, 15) is 9.90 Å². The van der Waals surface area contributed by atoms with E-state index < -0.39 is 5.60 Å². The molecule has 1 unspecified atom stereocenters. The number of amides is 1. The Morgan fingerprint density at radius 1 is 1.30 bits per heavy atom. The first-order chi connectivity index (χ1) is 10.6. The van der Waals surface area contributed by atoms with Crippen LogP contribution >= 0.6 is 0 Å². The number of hydrogen-bond acceptors (Lipinski definition) is 3. The summed E-state index contributed by atoms with van der Waals surface area (Å²) in [5, 5.41) is 13.1. The van der Waals surface area contributed by atoms with Crippen LogP contribution in [-0.2, 0) is 4.79 Å². The molecular weight excluding hydrogens is 288 g/mol. The lowest BCUT2D eigenvalue weighted by Crippen LogP contribution is -2.48. The number of aliphatic hydroxyl groups is 1. The molecule has 0 saturated carbocycles. The molecule has 0 bridgehead atoms. The van der Waals surface area contributed by atoms with E-state index in [2.05, 4.69) is 25.2 Å². The van der Waals surface area contributed by atoms with Gasteiger partial charge in [0.05, 0.1) is 11.6 Å². The van der Waals surface area contributed by atoms with Crippen molar-refractivity contribution < 1.29 is 9.90 Å². The van der Waals surface area contributed by atoms with Crippen LogP contribution in [-0.4, -0.2) is 40.6 Å². The second-order valence-electron chi connectivity index (χ2n) is 7.23. The summed E-state index contributed by atoms with van der Waals surface area (Å²) in [6.07, 6.45) is 0. The van der Waals surface area contributed by atoms with Crippen LogP contribution in [0.25, 0.3) is 0 Å². The van der Waals surface area contributed by atoms with Crippen LogP contribution in [0.2, 0.25) is 0 Å². The van der Waals surface area contributed by atoms with Crippen LogP contribution in [0.3, 0.4) is 0 Å². The van der Waals surface area contributed by atoms with Crippen molar-refractivity contribution in [3.8, 4) is 0 Å². The minimum atomic E-state index is -0.823. The third-order valence-electron chi connectivity index (χ3n) is 4.10. The number of nitrogens with zero attached hydrogens (tertiary/aromatic N) is 1. The number of rotatable bonds is 7. The Morgan fingerprint density at radius 3 is 2.39 bits per heavy atom. The minimum Gasteiger partial charge on any atom is -0.389 e. The quantitative estimate of drug-likeness (QED) is 0.808. The molecule has 0 saturated heterocycles. The van der Waals surface area contributed by atoms with Gasteiger partial charge < -0.3 is 10.4 Å².